The largest absolute Gasteiger partial charge is 0.379 e. The molecule has 4 amide bonds. The molecule has 5 N–H and O–H groups in total. The summed E-state index contributed by atoms with van der Waals surface area (Å²) in [7, 11) is 13.9. The molecule has 24 heteroatoms. The third-order valence-electron chi connectivity index (χ3n) is 25.9. The number of hydrogen-bond acceptors (Lipinski definition) is 16. The fourth-order valence-corrected chi connectivity index (χ4v) is 19.0. The fraction of sp³-hybridized carbons (Fsp3) is 0.719. The van der Waals surface area contributed by atoms with Gasteiger partial charge in [-0.05, 0) is 130 Å². The number of ether oxygens (including phenoxy) is 5. The molecule has 20 nitrogen and oxygen atoms in total. The van der Waals surface area contributed by atoms with Gasteiger partial charge in [-0.2, -0.15) is 0 Å². The Labute approximate surface area is 748 Å². The number of ketones is 2. The van der Waals surface area contributed by atoms with Gasteiger partial charge in [0, 0.05) is 137 Å². The quantitative estimate of drug-likeness (QED) is 0.0332. The van der Waals surface area contributed by atoms with Crippen LogP contribution in [-0.2, 0) is 71.7 Å². The van der Waals surface area contributed by atoms with E-state index in [2.05, 4.69) is 137 Å². The number of nitrogens with zero attached hydrogens (tertiary/aromatic N) is 4. The van der Waals surface area contributed by atoms with Crippen molar-refractivity contribution in [3.63, 3.8) is 0 Å². The molecule has 3 heterocycles. The normalized spacial score (nSPS) is 19.4. The van der Waals surface area contributed by atoms with Gasteiger partial charge in [0.05, 0.1) is 88.5 Å². The summed E-state index contributed by atoms with van der Waals surface area (Å²) in [5, 5.41) is 16.9. The standard InChI is InChI=1S/C40H67N3O5S.C39H66N4O5S.C17H26N2OS.ClH/c1-12-28(7)37(42(9)40(46)32(27(5)6)24-34(44)31(13-2)26(3)4)35(47-10)25-36(45)43-23-17-20-33(43)38(48-11)29(8)39(49)41-22-21-30-18-15-14-16-19-30;1-12-27(6)36(42(9)39(46)30(25(2)3)23-32(44)35(40-8)26(4)5)33(47-10)24-34(45)43-22-16-19-31(43)37(48-11)28(7)38(49)41-21-20-29-17-14-13-15-18-29;1-13(16(20-2)15-9-6-11-18-15)17(21)19-12-10-14-7-4-3-5-8-14;/h14-16,18-19,26-29,31-33,35,37-38H,12-13,17,20-25H2,1-11H3,(H,41,49);13-15,17-18,25-28,30-31,33,35-37,40H,12,16,19-24H2,1-11H3,(H,41,49);3-5,7-8,13,15-16,18H,6,9-12H2,1-2H3,(H,19,21);1H/t28-,29+,31-,32-,33-,35+,37-,38+;27-,28+,30-,31-,33+,35-,36-,37+;13-,15+,16-;/m001./s1. The Kier molecular flexibility index (Phi) is 51.9. The van der Waals surface area contributed by atoms with Crippen molar-refractivity contribution >= 4 is 99.2 Å². The van der Waals surface area contributed by atoms with Crippen molar-refractivity contribution in [2.75, 3.05) is 96.0 Å². The number of nitrogens with one attached hydrogen (secondary N) is 5. The van der Waals surface area contributed by atoms with Crippen LogP contribution in [0.1, 0.15) is 211 Å². The molecule has 680 valence electrons. The number of thiocarbonyl (C=S) groups is 3. The highest BCUT2D eigenvalue weighted by Gasteiger charge is 2.46. The summed E-state index contributed by atoms with van der Waals surface area (Å²) in [5.74, 6) is -0.354. The molecule has 0 spiro atoms. The van der Waals surface area contributed by atoms with E-state index in [0.29, 0.717) is 19.1 Å². The molecule has 3 aromatic rings. The molecule has 0 aromatic heterocycles. The third kappa shape index (κ3) is 33.2. The van der Waals surface area contributed by atoms with Gasteiger partial charge in [0.25, 0.3) is 0 Å². The molecule has 6 rings (SSSR count). The van der Waals surface area contributed by atoms with Gasteiger partial charge in [-0.3, -0.25) is 28.8 Å². The molecule has 0 radical (unpaired) electrons. The molecule has 3 aliphatic rings. The van der Waals surface area contributed by atoms with Crippen LogP contribution < -0.4 is 26.6 Å². The number of hydrogen-bond donors (Lipinski definition) is 5. The second-order valence-corrected chi connectivity index (χ2v) is 36.6. The highest BCUT2D eigenvalue weighted by atomic mass is 35.5. The summed E-state index contributed by atoms with van der Waals surface area (Å²) in [4.78, 5) is 93.1. The minimum Gasteiger partial charge on any atom is -0.379 e. The van der Waals surface area contributed by atoms with Gasteiger partial charge in [-0.15, -0.1) is 12.4 Å². The van der Waals surface area contributed by atoms with Crippen LogP contribution in [0.15, 0.2) is 91.0 Å². The van der Waals surface area contributed by atoms with Crippen molar-refractivity contribution in [1.29, 1.82) is 0 Å². The molecular formula is C96H160ClN9O11S3. The van der Waals surface area contributed by atoms with Crippen LogP contribution in [0.4, 0.5) is 0 Å². The first-order valence-electron chi connectivity index (χ1n) is 44.9. The first kappa shape index (κ1) is 109. The zero-order valence-electron chi connectivity index (χ0n) is 77.9. The van der Waals surface area contributed by atoms with E-state index in [1.54, 1.807) is 59.4 Å². The Balaban J connectivity index is 0.000000497. The highest BCUT2D eigenvalue weighted by molar-refractivity contribution is 7.80. The zero-order chi connectivity index (χ0) is 88.8. The summed E-state index contributed by atoms with van der Waals surface area (Å²) < 4.78 is 29.9. The van der Waals surface area contributed by atoms with Crippen molar-refractivity contribution < 1.29 is 52.5 Å². The Hall–Kier alpha value is -5.44. The van der Waals surface area contributed by atoms with Gasteiger partial charge in [0.1, 0.15) is 5.78 Å². The highest BCUT2D eigenvalue weighted by Crippen LogP contribution is 2.35. The lowest BCUT2D eigenvalue weighted by atomic mass is 9.80. The second kappa shape index (κ2) is 57.2. The Morgan fingerprint density at radius 3 is 1.07 bits per heavy atom. The van der Waals surface area contributed by atoms with Gasteiger partial charge >= 0.3 is 0 Å². The lowest BCUT2D eigenvalue weighted by molar-refractivity contribution is -0.148. The topological polar surface area (TPSA) is 222 Å². The Bertz CT molecular complexity index is 3290. The molecule has 0 bridgehead atoms. The first-order chi connectivity index (χ1) is 56.7. The van der Waals surface area contributed by atoms with E-state index in [1.165, 1.54) is 29.5 Å². The predicted octanol–water partition coefficient (Wildman–Crippen LogP) is 15.5. The van der Waals surface area contributed by atoms with Crippen LogP contribution in [0.2, 0.25) is 0 Å². The van der Waals surface area contributed by atoms with Crippen LogP contribution >= 0.6 is 49.1 Å². The molecule has 0 saturated carbocycles. The third-order valence-corrected chi connectivity index (χ3v) is 27.5. The van der Waals surface area contributed by atoms with Crippen molar-refractivity contribution in [2.45, 2.75) is 280 Å². The number of amides is 4. The van der Waals surface area contributed by atoms with Crippen molar-refractivity contribution in [1.82, 2.24) is 46.2 Å². The van der Waals surface area contributed by atoms with Gasteiger partial charge in [0.15, 0.2) is 5.78 Å². The fourth-order valence-electron chi connectivity index (χ4n) is 18.3. The molecule has 3 saturated heterocycles. The molecule has 0 aliphatic carbocycles. The van der Waals surface area contributed by atoms with E-state index < -0.39 is 24.0 Å². The number of halogens is 1. The summed E-state index contributed by atoms with van der Waals surface area (Å²) >= 11 is 17.2. The minimum atomic E-state index is -0.513. The van der Waals surface area contributed by atoms with E-state index in [0.717, 1.165) is 105 Å². The maximum atomic E-state index is 14.2. The lowest BCUT2D eigenvalue weighted by Crippen LogP contribution is -2.54. The van der Waals surface area contributed by atoms with Crippen LogP contribution in [0.5, 0.6) is 0 Å². The van der Waals surface area contributed by atoms with Gasteiger partial charge in [0.2, 0.25) is 23.6 Å². The first-order valence-corrected chi connectivity index (χ1v) is 46.1. The van der Waals surface area contributed by atoms with Crippen LogP contribution in [0.25, 0.3) is 0 Å². The maximum Gasteiger partial charge on any atom is 0.226 e. The lowest BCUT2D eigenvalue weighted by Gasteiger charge is -2.41. The number of carbonyl (C=O) groups is 6. The maximum absolute atomic E-state index is 14.2. The summed E-state index contributed by atoms with van der Waals surface area (Å²) in [6, 6.07) is 30.3. The number of rotatable bonds is 49. The average molecular weight is 1750 g/mol. The molecule has 3 aliphatic heterocycles. The van der Waals surface area contributed by atoms with E-state index in [-0.39, 0.29) is 181 Å². The number of methoxy groups -OCH3 is 5. The molecule has 120 heavy (non-hydrogen) atoms. The van der Waals surface area contributed by atoms with Gasteiger partial charge < -0.3 is 69.9 Å². The monoisotopic (exact) mass is 1750 g/mol. The van der Waals surface area contributed by atoms with Crippen LogP contribution in [0, 0.1) is 71.0 Å². The SMILES string of the molecule is CC[C@H](C(=O)C[C@H](C(=O)N(C)[C@@H]([C@@H](C)CC)[C@@H](CC(=O)N1CCC[C@H]1[C@H](OC)[C@@H](C)C(=S)NCCc1ccccc1)OC)C(C)C)C(C)C.CC[C@H](C)[C@@H]([C@@H](CC(=O)N1CCC[C@H]1[C@H](OC)[C@@H](C)C(=S)NCCc1ccccc1)OC)N(C)C(=O)[C@@H](CC(=O)[C@@H](NC)C(C)C)C(C)C.CO[C@@H]([C@@H]1CCCN1)[C@@H](C)C(=S)NCCc1ccccc1.Cl. The molecular weight excluding hydrogens is 1590 g/mol. The summed E-state index contributed by atoms with van der Waals surface area (Å²) in [6.07, 6.45) is 10.3. The number of carbonyl (C=O) groups excluding carboxylic acids is 6. The van der Waals surface area contributed by atoms with Crippen LogP contribution in [0.3, 0.4) is 0 Å². The average Bonchev–Trinajstić information content (AvgIpc) is 1.77. The zero-order valence-corrected chi connectivity index (χ0v) is 81.2. The number of likely N-dealkylation sites (N-methyl/N-ethyl adjacent to an activating group) is 3. The molecule has 0 unspecified atom stereocenters. The minimum absolute atomic E-state index is 0. The van der Waals surface area contributed by atoms with E-state index >= 15 is 0 Å². The van der Waals surface area contributed by atoms with Crippen molar-refractivity contribution in [3.05, 3.63) is 108 Å². The summed E-state index contributed by atoms with van der Waals surface area (Å²) in [5.41, 5.74) is 3.83. The van der Waals surface area contributed by atoms with Crippen molar-refractivity contribution in [3.8, 4) is 0 Å². The molecule has 3 aromatic carbocycles. The molecule has 19 atom stereocenters. The Morgan fingerprint density at radius 2 is 0.792 bits per heavy atom. The summed E-state index contributed by atoms with van der Waals surface area (Å²) in [6.45, 7) is 37.6. The predicted molar refractivity (Wildman–Crippen MR) is 505 cm³/mol. The van der Waals surface area contributed by atoms with Crippen molar-refractivity contribution in [2.24, 2.45) is 71.0 Å². The Morgan fingerprint density at radius 1 is 0.450 bits per heavy atom. The molecule has 3 fully saturated rings. The number of likely N-dealkylation sites (tertiary alicyclic amines) is 2. The van der Waals surface area contributed by atoms with E-state index in [9.17, 15) is 28.8 Å². The number of Topliss-reactive ketones (excluding diaryl/α,β-unsaturated/α-hetero) is 2. The van der Waals surface area contributed by atoms with Gasteiger partial charge in [-0.25, -0.2) is 0 Å². The smallest absolute Gasteiger partial charge is 0.226 e. The van der Waals surface area contributed by atoms with E-state index in [4.69, 9.17) is 60.3 Å². The van der Waals surface area contributed by atoms with E-state index in [1.807, 2.05) is 108 Å². The number of benzene rings is 3. The van der Waals surface area contributed by atoms with Crippen LogP contribution in [-0.4, -0.2) is 232 Å². The van der Waals surface area contributed by atoms with Gasteiger partial charge in [-0.1, -0.05) is 251 Å². The second-order valence-electron chi connectivity index (χ2n) is 35.3.